The number of amides is 1. The number of aromatic nitrogens is 2. The van der Waals surface area contributed by atoms with Crippen LogP contribution in [0.2, 0.25) is 0 Å². The third kappa shape index (κ3) is 3.53. The van der Waals surface area contributed by atoms with Crippen LogP contribution >= 0.6 is 0 Å². The van der Waals surface area contributed by atoms with Gasteiger partial charge >= 0.3 is 6.09 Å². The van der Waals surface area contributed by atoms with Gasteiger partial charge in [-0.2, -0.15) is 5.10 Å². The summed E-state index contributed by atoms with van der Waals surface area (Å²) in [6.07, 6.45) is 1.61. The molecule has 1 aromatic carbocycles. The number of H-pyrrole nitrogens is 1. The molecule has 2 N–H and O–H groups in total. The second-order valence-corrected chi connectivity index (χ2v) is 6.39. The highest BCUT2D eigenvalue weighted by Gasteiger charge is 2.40. The highest BCUT2D eigenvalue weighted by molar-refractivity contribution is 5.66. The van der Waals surface area contributed by atoms with Gasteiger partial charge in [-0.1, -0.05) is 30.3 Å². The average molecular weight is 314 g/mol. The lowest BCUT2D eigenvalue weighted by atomic mass is 9.88. The second kappa shape index (κ2) is 6.42. The lowest BCUT2D eigenvalue weighted by Gasteiger charge is -2.47. The molecule has 0 saturated carbocycles. The van der Waals surface area contributed by atoms with Crippen molar-refractivity contribution in [1.29, 1.82) is 0 Å². The predicted molar refractivity (Wildman–Crippen MR) is 87.1 cm³/mol. The average Bonchev–Trinajstić information content (AvgIpc) is 3.00. The molecule has 1 aliphatic heterocycles. The minimum atomic E-state index is -0.843. The molecule has 0 unspecified atom stereocenters. The van der Waals surface area contributed by atoms with Gasteiger partial charge in [0.2, 0.25) is 0 Å². The standard InChI is InChI=1S/C17H22N4O2/c1-17(11-14-5-3-2-4-6-14)13-20(9-10-21(17)16(22)23)12-15-7-8-18-19-15/h2-8H,9-13H2,1H3,(H,18,19)(H,22,23)/t17-/m0/s1. The van der Waals surface area contributed by atoms with Crippen LogP contribution < -0.4 is 0 Å². The van der Waals surface area contributed by atoms with E-state index < -0.39 is 11.6 Å². The van der Waals surface area contributed by atoms with Crippen LogP contribution in [0.25, 0.3) is 0 Å². The van der Waals surface area contributed by atoms with E-state index in [9.17, 15) is 9.90 Å². The summed E-state index contributed by atoms with van der Waals surface area (Å²) >= 11 is 0. The Hall–Kier alpha value is -2.34. The van der Waals surface area contributed by atoms with E-state index in [0.29, 0.717) is 19.5 Å². The first kappa shape index (κ1) is 15.6. The van der Waals surface area contributed by atoms with Crippen LogP contribution in [0.1, 0.15) is 18.2 Å². The summed E-state index contributed by atoms with van der Waals surface area (Å²) in [7, 11) is 0. The van der Waals surface area contributed by atoms with E-state index in [1.54, 1.807) is 11.1 Å². The molecule has 6 heteroatoms. The number of nitrogens with zero attached hydrogens (tertiary/aromatic N) is 3. The van der Waals surface area contributed by atoms with Gasteiger partial charge in [0.05, 0.1) is 5.54 Å². The third-order valence-corrected chi connectivity index (χ3v) is 4.47. The van der Waals surface area contributed by atoms with Crippen molar-refractivity contribution in [1.82, 2.24) is 20.0 Å². The zero-order valence-electron chi connectivity index (χ0n) is 13.3. The summed E-state index contributed by atoms with van der Waals surface area (Å²) in [5, 5.41) is 16.5. The van der Waals surface area contributed by atoms with Crippen LogP contribution in [0.4, 0.5) is 4.79 Å². The number of piperazine rings is 1. The molecular weight excluding hydrogens is 292 g/mol. The highest BCUT2D eigenvalue weighted by Crippen LogP contribution is 2.27. The molecular formula is C17H22N4O2. The fourth-order valence-corrected chi connectivity index (χ4v) is 3.42. The van der Waals surface area contributed by atoms with Crippen molar-refractivity contribution in [3.8, 4) is 0 Å². The first-order valence-electron chi connectivity index (χ1n) is 7.82. The van der Waals surface area contributed by atoms with Gasteiger partial charge < -0.3 is 10.0 Å². The molecule has 1 fully saturated rings. The number of nitrogens with one attached hydrogen (secondary N) is 1. The molecule has 1 amide bonds. The predicted octanol–water partition coefficient (Wildman–Crippen LogP) is 2.21. The lowest BCUT2D eigenvalue weighted by Crippen LogP contribution is -2.63. The number of benzene rings is 1. The van der Waals surface area contributed by atoms with Crippen molar-refractivity contribution in [2.75, 3.05) is 19.6 Å². The van der Waals surface area contributed by atoms with Gasteiger partial charge in [0.15, 0.2) is 0 Å². The molecule has 1 atom stereocenters. The first-order chi connectivity index (χ1) is 11.1. The second-order valence-electron chi connectivity index (χ2n) is 6.39. The Morgan fingerprint density at radius 1 is 1.30 bits per heavy atom. The summed E-state index contributed by atoms with van der Waals surface area (Å²) in [6.45, 7) is 4.75. The lowest BCUT2D eigenvalue weighted by molar-refractivity contribution is 0.0127. The van der Waals surface area contributed by atoms with Crippen LogP contribution in [0.5, 0.6) is 0 Å². The maximum absolute atomic E-state index is 11.7. The number of aromatic amines is 1. The van der Waals surface area contributed by atoms with Crippen LogP contribution in [-0.4, -0.2) is 56.4 Å². The normalized spacial score (nSPS) is 22.2. The van der Waals surface area contributed by atoms with E-state index in [-0.39, 0.29) is 0 Å². The Morgan fingerprint density at radius 3 is 2.74 bits per heavy atom. The molecule has 0 bridgehead atoms. The Balaban J connectivity index is 1.78. The molecule has 1 aromatic heterocycles. The molecule has 2 heterocycles. The molecule has 2 aromatic rings. The van der Waals surface area contributed by atoms with Crippen LogP contribution in [-0.2, 0) is 13.0 Å². The fourth-order valence-electron chi connectivity index (χ4n) is 3.42. The Kier molecular flexibility index (Phi) is 4.34. The molecule has 23 heavy (non-hydrogen) atoms. The topological polar surface area (TPSA) is 72.5 Å². The smallest absolute Gasteiger partial charge is 0.407 e. The van der Waals surface area contributed by atoms with E-state index in [1.807, 2.05) is 31.2 Å². The van der Waals surface area contributed by atoms with Crippen LogP contribution in [0.3, 0.4) is 0 Å². The molecule has 0 spiro atoms. The van der Waals surface area contributed by atoms with Crippen molar-refractivity contribution >= 4 is 6.09 Å². The van der Waals surface area contributed by atoms with Gasteiger partial charge in [0, 0.05) is 38.1 Å². The van der Waals surface area contributed by atoms with Gasteiger partial charge in [-0.25, -0.2) is 4.79 Å². The number of carbonyl (C=O) groups is 1. The molecule has 0 aliphatic carbocycles. The molecule has 0 radical (unpaired) electrons. The van der Waals surface area contributed by atoms with Crippen molar-refractivity contribution in [2.24, 2.45) is 0 Å². The van der Waals surface area contributed by atoms with Gasteiger partial charge in [-0.3, -0.25) is 10.00 Å². The first-order valence-corrected chi connectivity index (χ1v) is 7.82. The zero-order chi connectivity index (χ0) is 16.3. The van der Waals surface area contributed by atoms with Crippen molar-refractivity contribution in [2.45, 2.75) is 25.4 Å². The third-order valence-electron chi connectivity index (χ3n) is 4.47. The quantitative estimate of drug-likeness (QED) is 0.907. The molecule has 1 saturated heterocycles. The molecule has 3 rings (SSSR count). The SMILES string of the molecule is C[C@]1(Cc2ccccc2)CN(Cc2ccn[nH]2)CCN1C(=O)O. The van der Waals surface area contributed by atoms with E-state index >= 15 is 0 Å². The largest absolute Gasteiger partial charge is 0.465 e. The zero-order valence-corrected chi connectivity index (χ0v) is 13.3. The van der Waals surface area contributed by atoms with Gasteiger partial charge in [-0.15, -0.1) is 0 Å². The summed E-state index contributed by atoms with van der Waals surface area (Å²) in [4.78, 5) is 15.5. The Bertz CT molecular complexity index is 644. The van der Waals surface area contributed by atoms with E-state index in [1.165, 1.54) is 0 Å². The Labute approximate surface area is 135 Å². The minimum absolute atomic E-state index is 0.439. The van der Waals surface area contributed by atoms with E-state index in [2.05, 4.69) is 27.2 Å². The van der Waals surface area contributed by atoms with Crippen LogP contribution in [0.15, 0.2) is 42.6 Å². The van der Waals surface area contributed by atoms with E-state index in [4.69, 9.17) is 0 Å². The molecule has 6 nitrogen and oxygen atoms in total. The van der Waals surface area contributed by atoms with Crippen LogP contribution in [0, 0.1) is 0 Å². The van der Waals surface area contributed by atoms with Gasteiger partial charge in [0.25, 0.3) is 0 Å². The van der Waals surface area contributed by atoms with Gasteiger partial charge in [-0.05, 0) is 25.0 Å². The maximum atomic E-state index is 11.7. The Morgan fingerprint density at radius 2 is 2.09 bits per heavy atom. The molecule has 122 valence electrons. The fraction of sp³-hybridized carbons (Fsp3) is 0.412. The summed E-state index contributed by atoms with van der Waals surface area (Å²) in [6, 6.07) is 12.0. The molecule has 1 aliphatic rings. The number of rotatable bonds is 4. The highest BCUT2D eigenvalue weighted by atomic mass is 16.4. The van der Waals surface area contributed by atoms with Crippen molar-refractivity contribution in [3.05, 3.63) is 53.9 Å². The summed E-state index contributed by atoms with van der Waals surface area (Å²) in [5.74, 6) is 0. The number of hydrogen-bond acceptors (Lipinski definition) is 3. The van der Waals surface area contributed by atoms with E-state index in [0.717, 1.165) is 24.3 Å². The number of carboxylic acid groups (broad SMARTS) is 1. The van der Waals surface area contributed by atoms with Gasteiger partial charge in [0.1, 0.15) is 0 Å². The summed E-state index contributed by atoms with van der Waals surface area (Å²) < 4.78 is 0. The monoisotopic (exact) mass is 314 g/mol. The number of hydrogen-bond donors (Lipinski definition) is 2. The minimum Gasteiger partial charge on any atom is -0.465 e. The van der Waals surface area contributed by atoms with Crippen molar-refractivity contribution in [3.63, 3.8) is 0 Å². The van der Waals surface area contributed by atoms with Crippen molar-refractivity contribution < 1.29 is 9.90 Å². The summed E-state index contributed by atoms with van der Waals surface area (Å²) in [5.41, 5.74) is 1.77. The maximum Gasteiger partial charge on any atom is 0.407 e.